The van der Waals surface area contributed by atoms with Crippen LogP contribution in [0.3, 0.4) is 0 Å². The highest BCUT2D eigenvalue weighted by atomic mass is 32.2. The maximum absolute atomic E-state index is 12.2. The molecule has 10 heteroatoms. The van der Waals surface area contributed by atoms with E-state index in [1.54, 1.807) is 6.07 Å². The molecule has 2 heterocycles. The van der Waals surface area contributed by atoms with Crippen LogP contribution in [-0.2, 0) is 17.9 Å². The summed E-state index contributed by atoms with van der Waals surface area (Å²) in [6.07, 6.45) is -3.09. The van der Waals surface area contributed by atoms with Crippen LogP contribution in [-0.4, -0.2) is 39.0 Å². The van der Waals surface area contributed by atoms with Crippen LogP contribution in [0.2, 0.25) is 0 Å². The first-order chi connectivity index (χ1) is 13.9. The van der Waals surface area contributed by atoms with E-state index >= 15 is 0 Å². The number of hydrogen-bond acceptors (Lipinski definition) is 5. The van der Waals surface area contributed by atoms with Crippen molar-refractivity contribution in [3.8, 4) is 5.88 Å². The number of aryl methyl sites for hydroxylation is 1. The first-order valence-corrected chi connectivity index (χ1v) is 9.83. The Kier molecular flexibility index (Phi) is 6.63. The fourth-order valence-electron chi connectivity index (χ4n) is 2.65. The number of nitrogens with one attached hydrogen (secondary N) is 1. The van der Waals surface area contributed by atoms with Crippen LogP contribution >= 0.6 is 11.8 Å². The Labute approximate surface area is 169 Å². The minimum atomic E-state index is -4.43. The average Bonchev–Trinajstić information content (AvgIpc) is 3.06. The van der Waals surface area contributed by atoms with Crippen molar-refractivity contribution in [3.63, 3.8) is 0 Å². The Balaban J connectivity index is 1.53. The fourth-order valence-corrected chi connectivity index (χ4v) is 3.55. The van der Waals surface area contributed by atoms with E-state index in [9.17, 15) is 18.0 Å². The predicted molar refractivity (Wildman–Crippen MR) is 104 cm³/mol. The molecule has 0 aliphatic heterocycles. The molecular weight excluding hydrogens is 405 g/mol. The van der Waals surface area contributed by atoms with E-state index in [2.05, 4.69) is 20.0 Å². The second-order valence-corrected chi connectivity index (χ2v) is 7.04. The van der Waals surface area contributed by atoms with E-state index in [1.165, 1.54) is 24.0 Å². The summed E-state index contributed by atoms with van der Waals surface area (Å²) in [6, 6.07) is 10.7. The van der Waals surface area contributed by atoms with Gasteiger partial charge in [0.1, 0.15) is 0 Å². The zero-order valence-corrected chi connectivity index (χ0v) is 16.4. The van der Waals surface area contributed by atoms with Gasteiger partial charge in [-0.25, -0.2) is 9.97 Å². The lowest BCUT2D eigenvalue weighted by Crippen LogP contribution is -2.25. The Hall–Kier alpha value is -2.75. The van der Waals surface area contributed by atoms with Gasteiger partial charge in [-0.05, 0) is 30.7 Å². The molecule has 0 aliphatic rings. The van der Waals surface area contributed by atoms with Gasteiger partial charge in [0.05, 0.1) is 16.8 Å². The molecule has 154 valence electrons. The van der Waals surface area contributed by atoms with Gasteiger partial charge in [-0.1, -0.05) is 23.9 Å². The monoisotopic (exact) mass is 424 g/mol. The lowest BCUT2D eigenvalue weighted by atomic mass is 10.2. The Morgan fingerprint density at radius 2 is 2.07 bits per heavy atom. The minimum absolute atomic E-state index is 0.139. The number of fused-ring (bicyclic) bond motifs is 1. The third-order valence-electron chi connectivity index (χ3n) is 3.94. The molecule has 0 saturated heterocycles. The summed E-state index contributed by atoms with van der Waals surface area (Å²) < 4.78 is 43.3. The third-order valence-corrected chi connectivity index (χ3v) is 4.92. The number of nitrogens with zero attached hydrogens (tertiary/aromatic N) is 3. The largest absolute Gasteiger partial charge is 0.468 e. The zero-order valence-electron chi connectivity index (χ0n) is 15.6. The lowest BCUT2D eigenvalue weighted by Gasteiger charge is -2.10. The fraction of sp³-hybridized carbons (Fsp3) is 0.316. The van der Waals surface area contributed by atoms with Crippen molar-refractivity contribution in [1.29, 1.82) is 0 Å². The molecule has 3 rings (SSSR count). The standard InChI is InChI=1S/C19H19F3N4O2S/c1-2-26-15-6-4-3-5-14(15)25-18(26)29-11-16(27)24-10-13-7-8-23-17(9-13)28-12-19(20,21)22/h3-9H,2,10-12H2,1H3,(H,24,27). The number of carbonyl (C=O) groups excluding carboxylic acids is 1. The number of alkyl halides is 3. The number of aromatic nitrogens is 3. The highest BCUT2D eigenvalue weighted by Crippen LogP contribution is 2.24. The molecule has 1 amide bonds. The first-order valence-electron chi connectivity index (χ1n) is 8.85. The molecule has 0 unspecified atom stereocenters. The summed E-state index contributed by atoms with van der Waals surface area (Å²) in [4.78, 5) is 20.5. The van der Waals surface area contributed by atoms with Gasteiger partial charge < -0.3 is 14.6 Å². The van der Waals surface area contributed by atoms with Crippen molar-refractivity contribution in [3.05, 3.63) is 48.2 Å². The van der Waals surface area contributed by atoms with Crippen LogP contribution < -0.4 is 10.1 Å². The van der Waals surface area contributed by atoms with Gasteiger partial charge >= 0.3 is 6.18 Å². The number of halogens is 3. The summed E-state index contributed by atoms with van der Waals surface area (Å²) in [6.45, 7) is 1.50. The van der Waals surface area contributed by atoms with Gasteiger partial charge in [0, 0.05) is 25.4 Å². The molecule has 0 bridgehead atoms. The van der Waals surface area contributed by atoms with Crippen LogP contribution in [0.15, 0.2) is 47.8 Å². The van der Waals surface area contributed by atoms with E-state index in [4.69, 9.17) is 0 Å². The number of carbonyl (C=O) groups is 1. The van der Waals surface area contributed by atoms with E-state index in [1.807, 2.05) is 35.8 Å². The number of hydrogen-bond donors (Lipinski definition) is 1. The van der Waals surface area contributed by atoms with Gasteiger partial charge in [0.25, 0.3) is 0 Å². The highest BCUT2D eigenvalue weighted by molar-refractivity contribution is 7.99. The Morgan fingerprint density at radius 3 is 2.83 bits per heavy atom. The Morgan fingerprint density at radius 1 is 1.28 bits per heavy atom. The van der Waals surface area contributed by atoms with Crippen LogP contribution in [0, 0.1) is 0 Å². The Bertz CT molecular complexity index is 991. The van der Waals surface area contributed by atoms with Crippen LogP contribution in [0.1, 0.15) is 12.5 Å². The van der Waals surface area contributed by atoms with Crippen molar-refractivity contribution < 1.29 is 22.7 Å². The van der Waals surface area contributed by atoms with E-state index in [0.29, 0.717) is 5.56 Å². The number of benzene rings is 1. The topological polar surface area (TPSA) is 69.0 Å². The normalized spacial score (nSPS) is 11.6. The molecule has 6 nitrogen and oxygen atoms in total. The molecule has 1 N–H and O–H groups in total. The highest BCUT2D eigenvalue weighted by Gasteiger charge is 2.28. The molecular formula is C19H19F3N4O2S. The summed E-state index contributed by atoms with van der Waals surface area (Å²) in [5.41, 5.74) is 2.48. The SMILES string of the molecule is CCn1c(SCC(=O)NCc2ccnc(OCC(F)(F)F)c2)nc2ccccc21. The van der Waals surface area contributed by atoms with Crippen molar-refractivity contribution in [1.82, 2.24) is 19.9 Å². The third kappa shape index (κ3) is 5.86. The number of para-hydroxylation sites is 2. The van der Waals surface area contributed by atoms with E-state index in [0.717, 1.165) is 22.7 Å². The summed E-state index contributed by atoms with van der Waals surface area (Å²) in [5, 5.41) is 3.50. The molecule has 0 fully saturated rings. The number of rotatable bonds is 8. The molecule has 0 spiro atoms. The number of amides is 1. The average molecular weight is 424 g/mol. The molecule has 3 aromatic rings. The summed E-state index contributed by atoms with van der Waals surface area (Å²) >= 11 is 1.33. The minimum Gasteiger partial charge on any atom is -0.468 e. The molecule has 0 radical (unpaired) electrons. The van der Waals surface area contributed by atoms with Crippen molar-refractivity contribution in [2.24, 2.45) is 0 Å². The van der Waals surface area contributed by atoms with Gasteiger partial charge in [0.2, 0.25) is 11.8 Å². The summed E-state index contributed by atoms with van der Waals surface area (Å²) in [7, 11) is 0. The molecule has 1 aromatic carbocycles. The molecule has 0 saturated carbocycles. The maximum Gasteiger partial charge on any atom is 0.422 e. The van der Waals surface area contributed by atoms with Gasteiger partial charge in [-0.2, -0.15) is 13.2 Å². The number of thioether (sulfide) groups is 1. The predicted octanol–water partition coefficient (Wildman–Crippen LogP) is 3.80. The molecule has 0 aliphatic carbocycles. The van der Waals surface area contributed by atoms with Gasteiger partial charge in [0.15, 0.2) is 11.8 Å². The zero-order chi connectivity index (χ0) is 20.9. The van der Waals surface area contributed by atoms with Crippen molar-refractivity contribution >= 4 is 28.7 Å². The quantitative estimate of drug-likeness (QED) is 0.557. The lowest BCUT2D eigenvalue weighted by molar-refractivity contribution is -0.154. The number of pyridine rings is 1. The second-order valence-electron chi connectivity index (χ2n) is 6.10. The van der Waals surface area contributed by atoms with Gasteiger partial charge in [-0.3, -0.25) is 4.79 Å². The second kappa shape index (κ2) is 9.17. The summed E-state index contributed by atoms with van der Waals surface area (Å²) in [5.74, 6) is -0.175. The van der Waals surface area contributed by atoms with E-state index < -0.39 is 12.8 Å². The molecule has 0 atom stereocenters. The van der Waals surface area contributed by atoms with E-state index in [-0.39, 0.29) is 24.1 Å². The van der Waals surface area contributed by atoms with Crippen LogP contribution in [0.25, 0.3) is 11.0 Å². The van der Waals surface area contributed by atoms with Gasteiger partial charge in [-0.15, -0.1) is 0 Å². The van der Waals surface area contributed by atoms with Crippen LogP contribution in [0.5, 0.6) is 5.88 Å². The number of imidazole rings is 1. The maximum atomic E-state index is 12.2. The van der Waals surface area contributed by atoms with Crippen molar-refractivity contribution in [2.75, 3.05) is 12.4 Å². The van der Waals surface area contributed by atoms with Crippen LogP contribution in [0.4, 0.5) is 13.2 Å². The first kappa shape index (κ1) is 21.0. The molecule has 2 aromatic heterocycles. The smallest absolute Gasteiger partial charge is 0.422 e. The molecule has 29 heavy (non-hydrogen) atoms. The number of ether oxygens (including phenoxy) is 1. The van der Waals surface area contributed by atoms with Crippen molar-refractivity contribution in [2.45, 2.75) is 31.3 Å².